The summed E-state index contributed by atoms with van der Waals surface area (Å²) in [4.78, 5) is 15.6. The van der Waals surface area contributed by atoms with Crippen LogP contribution in [0.2, 0.25) is 0 Å². The Bertz CT molecular complexity index is 786. The lowest BCUT2D eigenvalue weighted by Crippen LogP contribution is -2.55. The van der Waals surface area contributed by atoms with Crippen LogP contribution in [0.1, 0.15) is 25.1 Å². The first-order chi connectivity index (χ1) is 11.4. The normalized spacial score (nSPS) is 16.0. The fourth-order valence-electron chi connectivity index (χ4n) is 2.58. The van der Waals surface area contributed by atoms with E-state index in [0.29, 0.717) is 25.2 Å². The Morgan fingerprint density at radius 2 is 2.08 bits per heavy atom. The molecule has 0 saturated heterocycles. The van der Waals surface area contributed by atoms with Crippen LogP contribution in [0.4, 0.5) is 5.95 Å². The summed E-state index contributed by atoms with van der Waals surface area (Å²) in [6.07, 6.45) is 0. The first kappa shape index (κ1) is 16.6. The average molecular weight is 328 g/mol. The van der Waals surface area contributed by atoms with E-state index in [2.05, 4.69) is 48.7 Å². The molecule has 1 aliphatic rings. The zero-order chi connectivity index (χ0) is 17.3. The standard InChI is InChI=1S/C17H24N6O/c1-11-5-6-13-12(2)20-16(21-14(13)7-11)22-15-18-9-23(10-19-15)17(3,4)8-24/h5-7,24H,8-10H2,1-4H3,(H2,18,19,20,21,22). The molecule has 0 amide bonds. The smallest absolute Gasteiger partial charge is 0.230 e. The number of aliphatic hydroxyl groups excluding tert-OH is 1. The predicted octanol–water partition coefficient (Wildman–Crippen LogP) is 1.61. The molecule has 0 spiro atoms. The molecule has 3 rings (SSSR count). The third-order valence-electron chi connectivity index (χ3n) is 4.35. The fraction of sp³-hybridized carbons (Fsp3) is 0.471. The second-order valence-corrected chi connectivity index (χ2v) is 6.77. The van der Waals surface area contributed by atoms with Gasteiger partial charge in [-0.15, -0.1) is 0 Å². The zero-order valence-electron chi connectivity index (χ0n) is 14.6. The van der Waals surface area contributed by atoms with Crippen molar-refractivity contribution in [2.24, 2.45) is 4.99 Å². The van der Waals surface area contributed by atoms with E-state index in [9.17, 15) is 5.11 Å². The Morgan fingerprint density at radius 3 is 2.75 bits per heavy atom. The lowest BCUT2D eigenvalue weighted by atomic mass is 10.1. The Morgan fingerprint density at radius 1 is 1.29 bits per heavy atom. The highest BCUT2D eigenvalue weighted by molar-refractivity contribution is 5.93. The first-order valence-corrected chi connectivity index (χ1v) is 8.05. The van der Waals surface area contributed by atoms with Crippen LogP contribution in [0, 0.1) is 13.8 Å². The van der Waals surface area contributed by atoms with E-state index in [-0.39, 0.29) is 12.1 Å². The van der Waals surface area contributed by atoms with Gasteiger partial charge in [0, 0.05) is 10.9 Å². The summed E-state index contributed by atoms with van der Waals surface area (Å²) < 4.78 is 0. The van der Waals surface area contributed by atoms with E-state index >= 15 is 0 Å². The molecule has 0 bridgehead atoms. The van der Waals surface area contributed by atoms with E-state index in [1.165, 1.54) is 5.56 Å². The molecule has 1 aliphatic heterocycles. The minimum atomic E-state index is -0.310. The number of aliphatic hydroxyl groups is 1. The van der Waals surface area contributed by atoms with Gasteiger partial charge in [0.25, 0.3) is 0 Å². The van der Waals surface area contributed by atoms with Crippen molar-refractivity contribution in [2.75, 3.05) is 25.3 Å². The molecule has 0 aliphatic carbocycles. The Labute approximate surface area is 141 Å². The molecule has 3 N–H and O–H groups in total. The number of benzene rings is 1. The van der Waals surface area contributed by atoms with Gasteiger partial charge < -0.3 is 10.4 Å². The van der Waals surface area contributed by atoms with Gasteiger partial charge in [0.2, 0.25) is 11.9 Å². The van der Waals surface area contributed by atoms with Crippen molar-refractivity contribution in [1.29, 1.82) is 0 Å². The highest BCUT2D eigenvalue weighted by Crippen LogP contribution is 2.19. The largest absolute Gasteiger partial charge is 0.394 e. The second-order valence-electron chi connectivity index (χ2n) is 6.77. The highest BCUT2D eigenvalue weighted by Gasteiger charge is 2.27. The number of hydrogen-bond donors (Lipinski definition) is 3. The lowest BCUT2D eigenvalue weighted by Gasteiger charge is -2.38. The maximum Gasteiger partial charge on any atom is 0.230 e. The monoisotopic (exact) mass is 328 g/mol. The maximum atomic E-state index is 9.45. The molecule has 7 heteroatoms. The number of guanidine groups is 1. The average Bonchev–Trinajstić information content (AvgIpc) is 2.55. The van der Waals surface area contributed by atoms with E-state index in [4.69, 9.17) is 0 Å². The molecule has 1 aromatic carbocycles. The van der Waals surface area contributed by atoms with Gasteiger partial charge in [-0.2, -0.15) is 0 Å². The van der Waals surface area contributed by atoms with Crippen molar-refractivity contribution in [3.63, 3.8) is 0 Å². The van der Waals surface area contributed by atoms with Gasteiger partial charge in [-0.05, 0) is 39.3 Å². The number of aromatic nitrogens is 2. The molecule has 0 radical (unpaired) electrons. The molecular weight excluding hydrogens is 304 g/mol. The molecule has 0 fully saturated rings. The number of hydrogen-bond acceptors (Lipinski definition) is 7. The summed E-state index contributed by atoms with van der Waals surface area (Å²) in [6.45, 7) is 9.20. The van der Waals surface area contributed by atoms with E-state index in [0.717, 1.165) is 16.6 Å². The third-order valence-corrected chi connectivity index (χ3v) is 4.35. The van der Waals surface area contributed by atoms with Crippen LogP contribution in [0.3, 0.4) is 0 Å². The van der Waals surface area contributed by atoms with Crippen molar-refractivity contribution in [2.45, 2.75) is 33.2 Å². The fourth-order valence-corrected chi connectivity index (χ4v) is 2.58. The number of aliphatic imine (C=N–C) groups is 1. The van der Waals surface area contributed by atoms with E-state index < -0.39 is 0 Å². The quantitative estimate of drug-likeness (QED) is 0.794. The van der Waals surface area contributed by atoms with Crippen molar-refractivity contribution in [3.05, 3.63) is 29.5 Å². The molecule has 0 saturated carbocycles. The Kier molecular flexibility index (Phi) is 4.38. The van der Waals surface area contributed by atoms with Crippen molar-refractivity contribution in [3.8, 4) is 0 Å². The summed E-state index contributed by atoms with van der Waals surface area (Å²) in [5, 5.41) is 16.9. The zero-order valence-corrected chi connectivity index (χ0v) is 14.6. The maximum absolute atomic E-state index is 9.45. The number of anilines is 1. The number of rotatable bonds is 3. The highest BCUT2D eigenvalue weighted by atomic mass is 16.3. The van der Waals surface area contributed by atoms with E-state index in [1.807, 2.05) is 27.7 Å². The van der Waals surface area contributed by atoms with Gasteiger partial charge in [-0.3, -0.25) is 10.2 Å². The van der Waals surface area contributed by atoms with E-state index in [1.54, 1.807) is 0 Å². The van der Waals surface area contributed by atoms with Crippen LogP contribution in [0.25, 0.3) is 10.9 Å². The molecule has 7 nitrogen and oxygen atoms in total. The van der Waals surface area contributed by atoms with Crippen LogP contribution in [0.5, 0.6) is 0 Å². The molecule has 2 aromatic rings. The van der Waals surface area contributed by atoms with Crippen molar-refractivity contribution in [1.82, 2.24) is 20.2 Å². The van der Waals surface area contributed by atoms with Gasteiger partial charge in [-0.25, -0.2) is 15.0 Å². The molecule has 0 unspecified atom stereocenters. The SMILES string of the molecule is Cc1ccc2c(C)nc(NC3=NCN(C(C)(C)CO)CN3)nc2c1. The van der Waals surface area contributed by atoms with Gasteiger partial charge in [0.1, 0.15) is 0 Å². The third kappa shape index (κ3) is 3.32. The molecule has 1 aromatic heterocycles. The van der Waals surface area contributed by atoms with Gasteiger partial charge in [-0.1, -0.05) is 12.1 Å². The van der Waals surface area contributed by atoms with Gasteiger partial charge >= 0.3 is 0 Å². The minimum Gasteiger partial charge on any atom is -0.394 e. The first-order valence-electron chi connectivity index (χ1n) is 8.05. The Hall–Kier alpha value is -2.25. The van der Waals surface area contributed by atoms with Crippen LogP contribution >= 0.6 is 0 Å². The molecule has 0 atom stereocenters. The second kappa shape index (κ2) is 6.33. The van der Waals surface area contributed by atoms with Crippen LogP contribution in [-0.2, 0) is 0 Å². The van der Waals surface area contributed by atoms with Gasteiger partial charge in [0.05, 0.1) is 31.2 Å². The predicted molar refractivity (Wildman–Crippen MR) is 95.9 cm³/mol. The number of nitrogens with zero attached hydrogens (tertiary/aromatic N) is 4. The molecule has 128 valence electrons. The lowest BCUT2D eigenvalue weighted by molar-refractivity contribution is 0.0532. The summed E-state index contributed by atoms with van der Waals surface area (Å²) in [6, 6.07) is 6.17. The topological polar surface area (TPSA) is 85.7 Å². The van der Waals surface area contributed by atoms with Crippen molar-refractivity contribution >= 4 is 22.8 Å². The number of aryl methyl sites for hydroxylation is 2. The minimum absolute atomic E-state index is 0.0826. The molecule has 24 heavy (non-hydrogen) atoms. The number of nitrogens with one attached hydrogen (secondary N) is 2. The van der Waals surface area contributed by atoms with Crippen molar-refractivity contribution < 1.29 is 5.11 Å². The van der Waals surface area contributed by atoms with Gasteiger partial charge in [0.15, 0.2) is 0 Å². The molecule has 2 heterocycles. The van der Waals surface area contributed by atoms with Crippen LogP contribution < -0.4 is 10.6 Å². The summed E-state index contributed by atoms with van der Waals surface area (Å²) in [7, 11) is 0. The summed E-state index contributed by atoms with van der Waals surface area (Å²) >= 11 is 0. The summed E-state index contributed by atoms with van der Waals surface area (Å²) in [5.41, 5.74) is 2.71. The van der Waals surface area contributed by atoms with Crippen LogP contribution in [-0.4, -0.2) is 51.4 Å². The molecular formula is C17H24N6O. The number of fused-ring (bicyclic) bond motifs is 1. The van der Waals surface area contributed by atoms with Crippen LogP contribution in [0.15, 0.2) is 23.2 Å². The summed E-state index contributed by atoms with van der Waals surface area (Å²) in [5.74, 6) is 1.18. The Balaban J connectivity index is 1.78.